The molecule has 2 amide bonds. The average Bonchev–Trinajstić information content (AvgIpc) is 2.80. The Bertz CT molecular complexity index is 494. The van der Waals surface area contributed by atoms with Crippen molar-refractivity contribution in [3.63, 3.8) is 0 Å². The minimum atomic E-state index is -0.969. The normalized spacial score (nSPS) is 21.9. The number of hydrogen-bond donors (Lipinski definition) is 3. The number of halogens is 1. The molecule has 1 aliphatic heterocycles. The van der Waals surface area contributed by atoms with E-state index in [9.17, 15) is 9.59 Å². The van der Waals surface area contributed by atoms with Crippen LogP contribution < -0.4 is 10.6 Å². The van der Waals surface area contributed by atoms with Gasteiger partial charge in [0.25, 0.3) is 0 Å². The molecule has 6 nitrogen and oxygen atoms in total. The van der Waals surface area contributed by atoms with Crippen molar-refractivity contribution in [1.29, 1.82) is 0 Å². The third kappa shape index (κ3) is 3.45. The Morgan fingerprint density at radius 2 is 2.05 bits per heavy atom. The molecule has 1 heterocycles. The van der Waals surface area contributed by atoms with Gasteiger partial charge in [-0.05, 0) is 28.1 Å². The zero-order valence-corrected chi connectivity index (χ0v) is 11.5. The summed E-state index contributed by atoms with van der Waals surface area (Å²) in [5, 5.41) is 14.2. The van der Waals surface area contributed by atoms with Crippen LogP contribution in [0.2, 0.25) is 0 Å². The molecule has 102 valence electrons. The maximum absolute atomic E-state index is 11.8. The number of carbonyl (C=O) groups excluding carboxylic acids is 1. The molecule has 7 heteroatoms. The van der Waals surface area contributed by atoms with E-state index in [-0.39, 0.29) is 13.2 Å². The van der Waals surface area contributed by atoms with Gasteiger partial charge in [0, 0.05) is 4.47 Å². The van der Waals surface area contributed by atoms with Gasteiger partial charge in [0.1, 0.15) is 5.92 Å². The molecule has 1 aromatic rings. The highest BCUT2D eigenvalue weighted by Gasteiger charge is 2.35. The van der Waals surface area contributed by atoms with Crippen molar-refractivity contribution in [2.24, 2.45) is 5.92 Å². The zero-order chi connectivity index (χ0) is 13.8. The second-order valence-corrected chi connectivity index (χ2v) is 5.02. The van der Waals surface area contributed by atoms with Crippen LogP contribution in [0.5, 0.6) is 0 Å². The first-order valence-corrected chi connectivity index (χ1v) is 6.50. The van der Waals surface area contributed by atoms with Crippen molar-refractivity contribution in [2.75, 3.05) is 18.5 Å². The fourth-order valence-electron chi connectivity index (χ4n) is 1.83. The first-order valence-electron chi connectivity index (χ1n) is 5.70. The van der Waals surface area contributed by atoms with Crippen molar-refractivity contribution < 1.29 is 19.4 Å². The lowest BCUT2D eigenvalue weighted by atomic mass is 10.0. The molecule has 0 aromatic heterocycles. The van der Waals surface area contributed by atoms with Gasteiger partial charge >= 0.3 is 12.0 Å². The number of anilines is 1. The number of urea groups is 1. The van der Waals surface area contributed by atoms with Crippen LogP contribution in [0.3, 0.4) is 0 Å². The molecule has 2 unspecified atom stereocenters. The van der Waals surface area contributed by atoms with Crippen molar-refractivity contribution in [1.82, 2.24) is 5.32 Å². The fraction of sp³-hybridized carbons (Fsp3) is 0.333. The van der Waals surface area contributed by atoms with E-state index in [0.717, 1.165) is 4.47 Å². The van der Waals surface area contributed by atoms with Gasteiger partial charge in [0.15, 0.2) is 0 Å². The average molecular weight is 329 g/mol. The van der Waals surface area contributed by atoms with Gasteiger partial charge in [-0.3, -0.25) is 4.79 Å². The SMILES string of the molecule is O=C(Nc1ccccc1Br)NC1COCC1C(=O)O. The molecule has 3 N–H and O–H groups in total. The maximum Gasteiger partial charge on any atom is 0.319 e. The lowest BCUT2D eigenvalue weighted by Crippen LogP contribution is -2.44. The van der Waals surface area contributed by atoms with E-state index in [1.165, 1.54) is 0 Å². The molecule has 0 radical (unpaired) electrons. The minimum Gasteiger partial charge on any atom is -0.481 e. The van der Waals surface area contributed by atoms with Gasteiger partial charge in [-0.15, -0.1) is 0 Å². The van der Waals surface area contributed by atoms with Crippen LogP contribution in [0.4, 0.5) is 10.5 Å². The predicted octanol–water partition coefficient (Wildman–Crippen LogP) is 1.67. The molecular weight excluding hydrogens is 316 g/mol. The summed E-state index contributed by atoms with van der Waals surface area (Å²) in [6, 6.07) is 6.20. The lowest BCUT2D eigenvalue weighted by molar-refractivity contribution is -0.142. The van der Waals surface area contributed by atoms with E-state index in [2.05, 4.69) is 26.6 Å². The van der Waals surface area contributed by atoms with E-state index in [0.29, 0.717) is 5.69 Å². The summed E-state index contributed by atoms with van der Waals surface area (Å²) in [5.41, 5.74) is 0.616. The standard InChI is InChI=1S/C12H13BrN2O4/c13-8-3-1-2-4-9(8)14-12(18)15-10-6-19-5-7(10)11(16)17/h1-4,7,10H,5-6H2,(H,16,17)(H2,14,15,18). The Morgan fingerprint density at radius 3 is 2.74 bits per heavy atom. The minimum absolute atomic E-state index is 0.120. The summed E-state index contributed by atoms with van der Waals surface area (Å²) in [4.78, 5) is 22.7. The number of hydrogen-bond acceptors (Lipinski definition) is 3. The quantitative estimate of drug-likeness (QED) is 0.787. The molecule has 1 aliphatic rings. The van der Waals surface area contributed by atoms with E-state index in [4.69, 9.17) is 9.84 Å². The van der Waals surface area contributed by atoms with Crippen molar-refractivity contribution in [3.8, 4) is 0 Å². The lowest BCUT2D eigenvalue weighted by Gasteiger charge is -2.16. The molecule has 0 bridgehead atoms. The second-order valence-electron chi connectivity index (χ2n) is 4.17. The molecule has 1 fully saturated rings. The van der Waals surface area contributed by atoms with Crippen LogP contribution in [0.25, 0.3) is 0 Å². The number of carboxylic acids is 1. The van der Waals surface area contributed by atoms with Crippen LogP contribution in [0.1, 0.15) is 0 Å². The number of benzene rings is 1. The van der Waals surface area contributed by atoms with Crippen LogP contribution in [0, 0.1) is 5.92 Å². The number of carbonyl (C=O) groups is 2. The Kier molecular flexibility index (Phi) is 4.39. The van der Waals surface area contributed by atoms with E-state index < -0.39 is 24.0 Å². The van der Waals surface area contributed by atoms with Gasteiger partial charge in [-0.1, -0.05) is 12.1 Å². The van der Waals surface area contributed by atoms with Crippen molar-refractivity contribution in [3.05, 3.63) is 28.7 Å². The van der Waals surface area contributed by atoms with E-state index >= 15 is 0 Å². The summed E-state index contributed by atoms with van der Waals surface area (Å²) in [7, 11) is 0. The van der Waals surface area contributed by atoms with Crippen molar-refractivity contribution >= 4 is 33.6 Å². The summed E-state index contributed by atoms with van der Waals surface area (Å²) in [6.07, 6.45) is 0. The smallest absolute Gasteiger partial charge is 0.319 e. The number of nitrogens with one attached hydrogen (secondary N) is 2. The number of para-hydroxylation sites is 1. The predicted molar refractivity (Wildman–Crippen MR) is 72.0 cm³/mol. The zero-order valence-electron chi connectivity index (χ0n) is 9.93. The Morgan fingerprint density at radius 1 is 1.32 bits per heavy atom. The Hall–Kier alpha value is -1.60. The molecular formula is C12H13BrN2O4. The van der Waals surface area contributed by atoms with Crippen LogP contribution in [-0.2, 0) is 9.53 Å². The second kappa shape index (κ2) is 6.03. The highest BCUT2D eigenvalue weighted by molar-refractivity contribution is 9.10. The maximum atomic E-state index is 11.8. The molecule has 2 atom stereocenters. The van der Waals surface area contributed by atoms with Gasteiger partial charge in [0.2, 0.25) is 0 Å². The summed E-state index contributed by atoms with van der Waals surface area (Å²) >= 11 is 3.31. The van der Waals surface area contributed by atoms with Crippen molar-refractivity contribution in [2.45, 2.75) is 6.04 Å². The number of rotatable bonds is 3. The fourth-order valence-corrected chi connectivity index (χ4v) is 2.21. The molecule has 1 aromatic carbocycles. The summed E-state index contributed by atoms with van der Waals surface area (Å²) in [6.45, 7) is 0.329. The summed E-state index contributed by atoms with van der Waals surface area (Å²) in [5.74, 6) is -1.67. The Labute approximate surface area is 118 Å². The third-order valence-corrected chi connectivity index (χ3v) is 3.53. The number of ether oxygens (including phenoxy) is 1. The number of carboxylic acid groups (broad SMARTS) is 1. The van der Waals surface area contributed by atoms with Crippen LogP contribution in [-0.4, -0.2) is 36.4 Å². The highest BCUT2D eigenvalue weighted by Crippen LogP contribution is 2.21. The van der Waals surface area contributed by atoms with Gasteiger partial charge in [-0.25, -0.2) is 4.79 Å². The number of aliphatic carboxylic acids is 1. The first kappa shape index (κ1) is 13.8. The molecule has 0 aliphatic carbocycles. The largest absolute Gasteiger partial charge is 0.481 e. The molecule has 1 saturated heterocycles. The van der Waals surface area contributed by atoms with Gasteiger partial charge < -0.3 is 20.5 Å². The molecule has 19 heavy (non-hydrogen) atoms. The van der Waals surface area contributed by atoms with E-state index in [1.54, 1.807) is 18.2 Å². The van der Waals surface area contributed by atoms with Crippen LogP contribution >= 0.6 is 15.9 Å². The molecule has 2 rings (SSSR count). The third-order valence-electron chi connectivity index (χ3n) is 2.84. The monoisotopic (exact) mass is 328 g/mol. The number of amides is 2. The topological polar surface area (TPSA) is 87.7 Å². The Balaban J connectivity index is 1.95. The first-order chi connectivity index (χ1) is 9.08. The molecule has 0 saturated carbocycles. The summed E-state index contributed by atoms with van der Waals surface area (Å²) < 4.78 is 5.83. The molecule has 0 spiro atoms. The van der Waals surface area contributed by atoms with Gasteiger partial charge in [-0.2, -0.15) is 0 Å². The highest BCUT2D eigenvalue weighted by atomic mass is 79.9. The van der Waals surface area contributed by atoms with Gasteiger partial charge in [0.05, 0.1) is 24.9 Å². The van der Waals surface area contributed by atoms with Crippen LogP contribution in [0.15, 0.2) is 28.7 Å². The van der Waals surface area contributed by atoms with E-state index in [1.807, 2.05) is 6.07 Å².